The Morgan fingerprint density at radius 3 is 2.43 bits per heavy atom. The van der Waals surface area contributed by atoms with Gasteiger partial charge in [-0.1, -0.05) is 43.9 Å². The van der Waals surface area contributed by atoms with Crippen LogP contribution in [-0.2, 0) is 6.42 Å². The molecule has 0 amide bonds. The SMILES string of the molecule is COc1ccccc1CC(C)N[C@@H](C)C1CCCCCC1. The van der Waals surface area contributed by atoms with E-state index in [1.165, 1.54) is 44.1 Å². The highest BCUT2D eigenvalue weighted by Crippen LogP contribution is 2.26. The minimum Gasteiger partial charge on any atom is -0.496 e. The lowest BCUT2D eigenvalue weighted by Crippen LogP contribution is -2.40. The fourth-order valence-electron chi connectivity index (χ4n) is 3.66. The van der Waals surface area contributed by atoms with E-state index in [0.717, 1.165) is 18.1 Å². The Kier molecular flexibility index (Phi) is 6.56. The van der Waals surface area contributed by atoms with Gasteiger partial charge in [0.25, 0.3) is 0 Å². The van der Waals surface area contributed by atoms with E-state index < -0.39 is 0 Å². The van der Waals surface area contributed by atoms with Crippen LogP contribution in [0.2, 0.25) is 0 Å². The summed E-state index contributed by atoms with van der Waals surface area (Å²) in [6.07, 6.45) is 9.52. The van der Waals surface area contributed by atoms with E-state index in [9.17, 15) is 0 Å². The number of hydrogen-bond acceptors (Lipinski definition) is 2. The van der Waals surface area contributed by atoms with E-state index >= 15 is 0 Å². The molecular weight excluding hydrogens is 258 g/mol. The molecule has 2 rings (SSSR count). The zero-order valence-electron chi connectivity index (χ0n) is 13.9. The number of benzene rings is 1. The Labute approximate surface area is 130 Å². The number of nitrogens with one attached hydrogen (secondary N) is 1. The van der Waals surface area contributed by atoms with Gasteiger partial charge in [-0.05, 0) is 50.7 Å². The third-order valence-corrected chi connectivity index (χ3v) is 4.87. The first-order valence-corrected chi connectivity index (χ1v) is 8.58. The summed E-state index contributed by atoms with van der Waals surface area (Å²) in [6, 6.07) is 9.46. The molecule has 1 fully saturated rings. The molecule has 2 atom stereocenters. The first kappa shape index (κ1) is 16.4. The largest absolute Gasteiger partial charge is 0.496 e. The van der Waals surface area contributed by atoms with E-state index in [4.69, 9.17) is 4.74 Å². The van der Waals surface area contributed by atoms with Crippen LogP contribution in [0, 0.1) is 5.92 Å². The molecule has 0 spiro atoms. The van der Waals surface area contributed by atoms with Crippen molar-refractivity contribution in [2.45, 2.75) is 70.9 Å². The number of hydrogen-bond donors (Lipinski definition) is 1. The number of methoxy groups -OCH3 is 1. The highest BCUT2D eigenvalue weighted by Gasteiger charge is 2.20. The quantitative estimate of drug-likeness (QED) is 0.774. The first-order chi connectivity index (χ1) is 10.2. The van der Waals surface area contributed by atoms with Crippen LogP contribution in [0.5, 0.6) is 5.75 Å². The molecular formula is C19H31NO. The van der Waals surface area contributed by atoms with Gasteiger partial charge in [0.15, 0.2) is 0 Å². The van der Waals surface area contributed by atoms with Crippen LogP contribution in [0.1, 0.15) is 57.9 Å². The van der Waals surface area contributed by atoms with Gasteiger partial charge in [-0.15, -0.1) is 0 Å². The van der Waals surface area contributed by atoms with E-state index in [1.807, 2.05) is 6.07 Å². The topological polar surface area (TPSA) is 21.3 Å². The van der Waals surface area contributed by atoms with Crippen LogP contribution in [-0.4, -0.2) is 19.2 Å². The Morgan fingerprint density at radius 2 is 1.76 bits per heavy atom. The third kappa shape index (κ3) is 5.03. The molecule has 1 aromatic rings. The molecule has 1 saturated carbocycles. The fourth-order valence-corrected chi connectivity index (χ4v) is 3.66. The summed E-state index contributed by atoms with van der Waals surface area (Å²) in [5.74, 6) is 1.86. The Morgan fingerprint density at radius 1 is 1.10 bits per heavy atom. The van der Waals surface area contributed by atoms with Gasteiger partial charge in [-0.2, -0.15) is 0 Å². The predicted octanol–water partition coefficient (Wildman–Crippen LogP) is 4.57. The minimum atomic E-state index is 0.486. The molecule has 1 aromatic carbocycles. The highest BCUT2D eigenvalue weighted by molar-refractivity contribution is 5.33. The Hall–Kier alpha value is -1.02. The first-order valence-electron chi connectivity index (χ1n) is 8.58. The molecule has 0 radical (unpaired) electrons. The lowest BCUT2D eigenvalue weighted by atomic mass is 9.92. The van der Waals surface area contributed by atoms with Crippen LogP contribution < -0.4 is 10.1 Å². The van der Waals surface area contributed by atoms with Crippen LogP contribution in [0.3, 0.4) is 0 Å². The summed E-state index contributed by atoms with van der Waals surface area (Å²) >= 11 is 0. The molecule has 2 nitrogen and oxygen atoms in total. The van der Waals surface area contributed by atoms with Crippen LogP contribution >= 0.6 is 0 Å². The molecule has 1 aliphatic carbocycles. The van der Waals surface area contributed by atoms with Gasteiger partial charge < -0.3 is 10.1 Å². The van der Waals surface area contributed by atoms with Crippen molar-refractivity contribution in [2.24, 2.45) is 5.92 Å². The average molecular weight is 289 g/mol. The van der Waals surface area contributed by atoms with E-state index in [0.29, 0.717) is 12.1 Å². The van der Waals surface area contributed by atoms with E-state index in [1.54, 1.807) is 7.11 Å². The molecule has 1 aliphatic rings. The average Bonchev–Trinajstić information content (AvgIpc) is 2.76. The Bertz CT molecular complexity index is 410. The molecule has 21 heavy (non-hydrogen) atoms. The Balaban J connectivity index is 1.86. The second kappa shape index (κ2) is 8.43. The number of ether oxygens (including phenoxy) is 1. The molecule has 1 unspecified atom stereocenters. The van der Waals surface area contributed by atoms with Gasteiger partial charge >= 0.3 is 0 Å². The molecule has 0 saturated heterocycles. The summed E-state index contributed by atoms with van der Waals surface area (Å²) in [5, 5.41) is 3.82. The van der Waals surface area contributed by atoms with E-state index in [-0.39, 0.29) is 0 Å². The lowest BCUT2D eigenvalue weighted by Gasteiger charge is -2.27. The summed E-state index contributed by atoms with van der Waals surface area (Å²) < 4.78 is 5.46. The molecule has 1 N–H and O–H groups in total. The van der Waals surface area contributed by atoms with Gasteiger partial charge in [-0.25, -0.2) is 0 Å². The van der Waals surface area contributed by atoms with Crippen molar-refractivity contribution in [1.82, 2.24) is 5.32 Å². The summed E-state index contributed by atoms with van der Waals surface area (Å²) in [6.45, 7) is 4.66. The fraction of sp³-hybridized carbons (Fsp3) is 0.684. The van der Waals surface area contributed by atoms with Crippen molar-refractivity contribution >= 4 is 0 Å². The van der Waals surface area contributed by atoms with Crippen molar-refractivity contribution in [3.05, 3.63) is 29.8 Å². The summed E-state index contributed by atoms with van der Waals surface area (Å²) in [4.78, 5) is 0. The van der Waals surface area contributed by atoms with Crippen LogP contribution in [0.25, 0.3) is 0 Å². The van der Waals surface area contributed by atoms with Gasteiger partial charge in [0.05, 0.1) is 7.11 Å². The second-order valence-electron chi connectivity index (χ2n) is 6.62. The molecule has 2 heteroatoms. The molecule has 118 valence electrons. The minimum absolute atomic E-state index is 0.486. The molecule has 0 heterocycles. The van der Waals surface area contributed by atoms with Crippen molar-refractivity contribution in [3.63, 3.8) is 0 Å². The molecule has 0 aromatic heterocycles. The molecule has 0 aliphatic heterocycles. The summed E-state index contributed by atoms with van der Waals surface area (Å²) in [5.41, 5.74) is 1.30. The maximum Gasteiger partial charge on any atom is 0.122 e. The third-order valence-electron chi connectivity index (χ3n) is 4.87. The van der Waals surface area contributed by atoms with Crippen molar-refractivity contribution in [2.75, 3.05) is 7.11 Å². The van der Waals surface area contributed by atoms with Crippen molar-refractivity contribution < 1.29 is 4.74 Å². The van der Waals surface area contributed by atoms with Gasteiger partial charge in [0.1, 0.15) is 5.75 Å². The van der Waals surface area contributed by atoms with Gasteiger partial charge in [0, 0.05) is 12.1 Å². The zero-order chi connectivity index (χ0) is 15.1. The normalized spacial score (nSPS) is 19.8. The van der Waals surface area contributed by atoms with E-state index in [2.05, 4.69) is 37.4 Å². The number of para-hydroxylation sites is 1. The summed E-state index contributed by atoms with van der Waals surface area (Å²) in [7, 11) is 1.76. The van der Waals surface area contributed by atoms with Crippen LogP contribution in [0.4, 0.5) is 0 Å². The zero-order valence-corrected chi connectivity index (χ0v) is 13.9. The standard InChI is InChI=1S/C19H31NO/c1-15(14-18-12-8-9-13-19(18)21-3)20-16(2)17-10-6-4-5-7-11-17/h8-9,12-13,15-17,20H,4-7,10-11,14H2,1-3H3/t15?,16-/m0/s1. The maximum atomic E-state index is 5.46. The van der Waals surface area contributed by atoms with Crippen molar-refractivity contribution in [1.29, 1.82) is 0 Å². The monoisotopic (exact) mass is 289 g/mol. The number of rotatable bonds is 6. The smallest absolute Gasteiger partial charge is 0.122 e. The lowest BCUT2D eigenvalue weighted by molar-refractivity contribution is 0.312. The highest BCUT2D eigenvalue weighted by atomic mass is 16.5. The van der Waals surface area contributed by atoms with Crippen molar-refractivity contribution in [3.8, 4) is 5.75 Å². The van der Waals surface area contributed by atoms with Gasteiger partial charge in [0.2, 0.25) is 0 Å². The van der Waals surface area contributed by atoms with Gasteiger partial charge in [-0.3, -0.25) is 0 Å². The predicted molar refractivity (Wildman–Crippen MR) is 89.9 cm³/mol. The van der Waals surface area contributed by atoms with Crippen LogP contribution in [0.15, 0.2) is 24.3 Å². The second-order valence-corrected chi connectivity index (χ2v) is 6.62. The molecule has 0 bridgehead atoms. The maximum absolute atomic E-state index is 5.46.